The van der Waals surface area contributed by atoms with E-state index in [9.17, 15) is 77.0 Å². The van der Waals surface area contributed by atoms with Gasteiger partial charge in [0.1, 0.15) is 78.5 Å². The van der Waals surface area contributed by atoms with Gasteiger partial charge in [-0.15, -0.1) is 11.8 Å². The second kappa shape index (κ2) is 45.5. The highest BCUT2D eigenvalue weighted by Gasteiger charge is 2.42. The predicted molar refractivity (Wildman–Crippen MR) is 428 cm³/mol. The highest BCUT2D eigenvalue weighted by atomic mass is 32.2. The fraction of sp³-hybridized carbons (Fsp3) is 0.500. The largest absolute Gasteiger partial charge is 0.391 e. The first kappa shape index (κ1) is 92.5. The molecule has 0 unspecified atom stereocenters. The van der Waals surface area contributed by atoms with Crippen molar-refractivity contribution >= 4 is 106 Å². The summed E-state index contributed by atoms with van der Waals surface area (Å²) in [6.07, 6.45) is -2.04. The van der Waals surface area contributed by atoms with E-state index in [1.807, 2.05) is 42.5 Å². The minimum Gasteiger partial charge on any atom is -0.391 e. The van der Waals surface area contributed by atoms with Gasteiger partial charge in [-0.25, -0.2) is 0 Å². The first-order chi connectivity index (χ1) is 54.7. The van der Waals surface area contributed by atoms with E-state index in [0.29, 0.717) is 36.0 Å². The number of likely N-dealkylation sites (N-methyl/N-ethyl adjacent to an activating group) is 3. The fourth-order valence-corrected chi connectivity index (χ4v) is 13.7. The van der Waals surface area contributed by atoms with Crippen molar-refractivity contribution < 1.29 is 81.8 Å². The number of primary amides is 1. The Balaban J connectivity index is 1.38. The number of hydrogen-bond acceptors (Lipinski definition) is 19. The van der Waals surface area contributed by atoms with Crippen LogP contribution in [-0.4, -0.2) is 251 Å². The van der Waals surface area contributed by atoms with E-state index in [0.717, 1.165) is 32.7 Å². The summed E-state index contributed by atoms with van der Waals surface area (Å²) in [5.74, 6) is -15.5. The van der Waals surface area contributed by atoms with Gasteiger partial charge in [-0.2, -0.15) is 0 Å². The lowest BCUT2D eigenvalue weighted by atomic mass is 9.99. The SMILES string of the molecule is CC[C@@H]1NC(=O)[C@H](CC(N)=O)NC(=O)[C@H](C(C)C)NC(=O)[C@H](Cc2ccccc2)NC(=O)CSC[C@@H](C(=O)NCC(=O)NC)NC(=O)[C@@H]2CCCN2C(=O)[C@H](C)NC(=O)[C@H](CCCCN)NC(=O)[C@H](C)N(C)C(=O)[C@H](Cc2ccc(-c3ccccc3)cc2)NC(=O)[C@H](C)N(C)C(=O)[C@H](Cc2ccccc2)NC(=O)[C@H]([C@@H](C)O)NC1=O. The Hall–Kier alpha value is -11.3. The number of nitrogens with one attached hydrogen (secondary N) is 12. The second-order valence-corrected chi connectivity index (χ2v) is 30.1. The molecule has 2 aliphatic rings. The smallest absolute Gasteiger partial charge is 0.245 e. The van der Waals surface area contributed by atoms with Gasteiger partial charge < -0.3 is 95.1 Å². The van der Waals surface area contributed by atoms with Crippen LogP contribution < -0.4 is 75.3 Å². The van der Waals surface area contributed by atoms with Crippen LogP contribution in [0, 0.1) is 5.92 Å². The molecule has 0 radical (unpaired) electrons. The second-order valence-electron chi connectivity index (χ2n) is 29.0. The average molecular weight is 1610 g/mol. The summed E-state index contributed by atoms with van der Waals surface area (Å²) in [5, 5.41) is 42.2. The van der Waals surface area contributed by atoms with Gasteiger partial charge in [0, 0.05) is 52.7 Å². The van der Waals surface area contributed by atoms with Gasteiger partial charge in [-0.05, 0) is 106 Å². The van der Waals surface area contributed by atoms with Gasteiger partial charge in [0.25, 0.3) is 0 Å². The van der Waals surface area contributed by atoms with E-state index in [4.69, 9.17) is 11.5 Å². The molecule has 35 heteroatoms. The van der Waals surface area contributed by atoms with Crippen molar-refractivity contribution in [2.45, 2.75) is 197 Å². The highest BCUT2D eigenvalue weighted by molar-refractivity contribution is 8.00. The zero-order chi connectivity index (χ0) is 84.8. The molecule has 0 aromatic heterocycles. The molecule has 0 spiro atoms. The minimum absolute atomic E-state index is 0.0119. The molecule has 17 N–H and O–H groups in total. The lowest BCUT2D eigenvalue weighted by Gasteiger charge is -2.33. The number of unbranched alkanes of at least 4 members (excludes halogenated alkanes) is 1. The van der Waals surface area contributed by atoms with Crippen LogP contribution in [0.2, 0.25) is 0 Å². The molecule has 34 nitrogen and oxygen atoms in total. The number of fused-ring (bicyclic) bond motifs is 1. The molecule has 0 saturated carbocycles. The van der Waals surface area contributed by atoms with Gasteiger partial charge in [0.05, 0.1) is 24.8 Å². The van der Waals surface area contributed by atoms with Crippen molar-refractivity contribution in [2.75, 3.05) is 52.3 Å². The van der Waals surface area contributed by atoms with Crippen molar-refractivity contribution in [2.24, 2.45) is 17.4 Å². The van der Waals surface area contributed by atoms with E-state index in [1.165, 1.54) is 60.7 Å². The molecule has 14 atom stereocenters. The van der Waals surface area contributed by atoms with Crippen LogP contribution >= 0.6 is 11.8 Å². The Labute approximate surface area is 673 Å². The zero-order valence-electron chi connectivity index (χ0n) is 66.6. The number of aliphatic hydroxyl groups excluding tert-OH is 1. The summed E-state index contributed by atoms with van der Waals surface area (Å²) >= 11 is 0.852. The standard InChI is InChI=1S/C80H111N17O17S/c1-11-55-71(105)94-67(49(7)98)77(111)91-60(39-51-26-17-13-18-27-51)80(114)96(10)48(6)69(103)90-59(40-52-32-34-54(35-33-52)53-28-19-14-20-29-53)79(113)95(9)47(5)68(102)88-56(30-21-22-36-81)72(106)85-46(4)78(112)97-37-23-31-62(97)75(109)92-61(70(104)84-42-64(100)83-8)43-115-44-65(101)86-57(38-50-24-15-12-16-25-50)74(108)93-66(45(2)3)76(110)89-58(41-63(82)99)73(107)87-55/h12-20,24-29,32-35,45-49,55-62,66-67,98H,11,21-23,30-31,36-44,81H2,1-10H3,(H2,82,99)(H,83,100)(H,84,104)(H,85,106)(H,86,101)(H,87,107)(H,88,102)(H,89,110)(H,90,103)(H,91,111)(H,92,109)(H,93,108)(H,94,105)/t46-,47-,48-,49+,55-,56-,57-,58-,59-,60-,61-,62-,66-,67-/m0/s1. The number of thioether (sulfide) groups is 1. The first-order valence-corrected chi connectivity index (χ1v) is 39.6. The van der Waals surface area contributed by atoms with Crippen LogP contribution in [0.15, 0.2) is 115 Å². The Bertz CT molecular complexity index is 4050. The summed E-state index contributed by atoms with van der Waals surface area (Å²) in [6.45, 7) is 9.67. The number of carbonyl (C=O) groups is 16. The molecule has 2 saturated heterocycles. The number of aliphatic hydroxyl groups is 1. The van der Waals surface area contributed by atoms with Crippen LogP contribution in [0.3, 0.4) is 0 Å². The monoisotopic (exact) mass is 1610 g/mol. The average Bonchev–Trinajstić information content (AvgIpc) is 1.71. The lowest BCUT2D eigenvalue weighted by Crippen LogP contribution is -2.62. The number of benzene rings is 4. The maximum Gasteiger partial charge on any atom is 0.245 e. The molecule has 0 bridgehead atoms. The van der Waals surface area contributed by atoms with E-state index in [-0.39, 0.29) is 57.4 Å². The molecule has 6 rings (SSSR count). The number of hydrogen-bond donors (Lipinski definition) is 15. The summed E-state index contributed by atoms with van der Waals surface area (Å²) in [4.78, 5) is 231. The summed E-state index contributed by atoms with van der Waals surface area (Å²) in [6, 6.07) is 14.4. The Morgan fingerprint density at radius 2 is 1.00 bits per heavy atom. The molecular formula is C80H111N17O17S. The van der Waals surface area contributed by atoms with Crippen LogP contribution in [0.5, 0.6) is 0 Å². The first-order valence-electron chi connectivity index (χ1n) is 38.5. The molecular weight excluding hydrogens is 1500 g/mol. The van der Waals surface area contributed by atoms with Gasteiger partial charge in [0.15, 0.2) is 0 Å². The zero-order valence-corrected chi connectivity index (χ0v) is 67.4. The Morgan fingerprint density at radius 1 is 0.530 bits per heavy atom. The van der Waals surface area contributed by atoms with Crippen LogP contribution in [0.1, 0.15) is 110 Å². The normalized spacial score (nSPS) is 24.9. The lowest BCUT2D eigenvalue weighted by molar-refractivity contribution is -0.145. The van der Waals surface area contributed by atoms with Gasteiger partial charge in [-0.3, -0.25) is 76.7 Å². The van der Waals surface area contributed by atoms with Crippen molar-refractivity contribution in [1.29, 1.82) is 0 Å². The van der Waals surface area contributed by atoms with Crippen LogP contribution in [0.4, 0.5) is 0 Å². The maximum absolute atomic E-state index is 15.1. The highest BCUT2D eigenvalue weighted by Crippen LogP contribution is 2.23. The molecule has 4 aromatic rings. The van der Waals surface area contributed by atoms with Gasteiger partial charge in [0.2, 0.25) is 94.5 Å². The molecule has 624 valence electrons. The molecule has 2 heterocycles. The topological polar surface area (TPSA) is 499 Å². The number of nitrogens with two attached hydrogens (primary N) is 2. The minimum atomic E-state index is -1.84. The Morgan fingerprint density at radius 3 is 1.53 bits per heavy atom. The van der Waals surface area contributed by atoms with Crippen molar-refractivity contribution in [3.63, 3.8) is 0 Å². The molecule has 4 aromatic carbocycles. The maximum atomic E-state index is 15.1. The van der Waals surface area contributed by atoms with Gasteiger partial charge >= 0.3 is 0 Å². The van der Waals surface area contributed by atoms with E-state index < -0.39 is 204 Å². The molecule has 2 aliphatic heterocycles. The number of nitrogens with zero attached hydrogens (tertiary/aromatic N) is 3. The third-order valence-corrected chi connectivity index (χ3v) is 21.0. The van der Waals surface area contributed by atoms with E-state index >= 15 is 4.79 Å². The summed E-state index contributed by atoms with van der Waals surface area (Å²) in [7, 11) is 3.95. The molecule has 16 amide bonds. The number of amides is 16. The quantitative estimate of drug-likeness (QED) is 0.0451. The molecule has 0 aliphatic carbocycles. The molecule has 115 heavy (non-hydrogen) atoms. The summed E-state index contributed by atoms with van der Waals surface area (Å²) in [5.41, 5.74) is 14.9. The molecule has 2 fully saturated rings. The van der Waals surface area contributed by atoms with Gasteiger partial charge in [-0.1, -0.05) is 136 Å². The van der Waals surface area contributed by atoms with Crippen LogP contribution in [0.25, 0.3) is 11.1 Å². The number of rotatable bonds is 19. The number of carbonyl (C=O) groups excluding carboxylic acids is 16. The summed E-state index contributed by atoms with van der Waals surface area (Å²) < 4.78 is 0. The Kier molecular flexibility index (Phi) is 36.6. The van der Waals surface area contributed by atoms with E-state index in [1.54, 1.807) is 86.6 Å². The predicted octanol–water partition coefficient (Wildman–Crippen LogP) is -2.01. The van der Waals surface area contributed by atoms with Crippen molar-refractivity contribution in [3.05, 3.63) is 132 Å². The van der Waals surface area contributed by atoms with Crippen molar-refractivity contribution in [1.82, 2.24) is 78.5 Å². The third kappa shape index (κ3) is 28.0. The van der Waals surface area contributed by atoms with Crippen LogP contribution in [-0.2, 0) is 96.0 Å². The third-order valence-electron chi connectivity index (χ3n) is 20.0. The fourth-order valence-electron chi connectivity index (χ4n) is 12.8. The van der Waals surface area contributed by atoms with Crippen molar-refractivity contribution in [3.8, 4) is 11.1 Å². The van der Waals surface area contributed by atoms with E-state index in [2.05, 4.69) is 63.8 Å².